The fourth-order valence-corrected chi connectivity index (χ4v) is 5.22. The molecule has 2 atom stereocenters. The van der Waals surface area contributed by atoms with Crippen LogP contribution in [0.1, 0.15) is 13.8 Å². The van der Waals surface area contributed by atoms with Crippen molar-refractivity contribution in [3.63, 3.8) is 0 Å². The molecule has 9 heteroatoms. The number of rotatable bonds is 2. The summed E-state index contributed by atoms with van der Waals surface area (Å²) in [6, 6.07) is 5.75. The monoisotopic (exact) mass is 363 g/mol. The lowest BCUT2D eigenvalue weighted by molar-refractivity contribution is 0.152. The number of H-pyrrole nitrogens is 1. The SMILES string of the molecule is CC1CN(S(=O)(=O)c2cccc3c(=O)[nH]ccc23)C(C)CN1C(=N)N. The van der Waals surface area contributed by atoms with E-state index in [2.05, 4.69) is 4.98 Å². The molecule has 0 saturated carbocycles. The van der Waals surface area contributed by atoms with Crippen LogP contribution >= 0.6 is 0 Å². The van der Waals surface area contributed by atoms with Crippen molar-refractivity contribution in [1.82, 2.24) is 14.2 Å². The van der Waals surface area contributed by atoms with Crippen LogP contribution in [0.4, 0.5) is 0 Å². The standard InChI is InChI=1S/C16H21N5O3S/c1-10-9-21(11(2)8-20(10)16(17)18)25(23,24)14-5-3-4-13-12(14)6-7-19-15(13)22/h3-7,10-11H,8-9H2,1-2H3,(H3,17,18)(H,19,22). The molecule has 134 valence electrons. The molecule has 4 N–H and O–H groups in total. The summed E-state index contributed by atoms with van der Waals surface area (Å²) in [5.74, 6) is -0.0620. The van der Waals surface area contributed by atoms with Crippen LogP contribution < -0.4 is 11.3 Å². The Kier molecular flexibility index (Phi) is 4.29. The van der Waals surface area contributed by atoms with Crippen molar-refractivity contribution in [2.24, 2.45) is 5.73 Å². The Hall–Kier alpha value is -2.39. The Labute approximate surface area is 145 Å². The van der Waals surface area contributed by atoms with E-state index in [4.69, 9.17) is 11.1 Å². The fourth-order valence-electron chi connectivity index (χ4n) is 3.31. The molecule has 1 aromatic heterocycles. The van der Waals surface area contributed by atoms with Gasteiger partial charge in [-0.15, -0.1) is 0 Å². The molecule has 1 aliphatic rings. The van der Waals surface area contributed by atoms with Gasteiger partial charge in [-0.3, -0.25) is 10.2 Å². The van der Waals surface area contributed by atoms with E-state index < -0.39 is 10.0 Å². The number of benzene rings is 1. The minimum atomic E-state index is -3.79. The van der Waals surface area contributed by atoms with Crippen LogP contribution in [0.2, 0.25) is 0 Å². The summed E-state index contributed by atoms with van der Waals surface area (Å²) in [4.78, 5) is 16.3. The predicted molar refractivity (Wildman–Crippen MR) is 96.0 cm³/mol. The molecule has 0 bridgehead atoms. The summed E-state index contributed by atoms with van der Waals surface area (Å²) in [7, 11) is -3.79. The maximum atomic E-state index is 13.3. The second-order valence-corrected chi connectivity index (χ2v) is 8.19. The Bertz CT molecular complexity index is 985. The van der Waals surface area contributed by atoms with E-state index in [1.165, 1.54) is 16.6 Å². The quantitative estimate of drug-likeness (QED) is 0.530. The van der Waals surface area contributed by atoms with E-state index in [1.807, 2.05) is 6.92 Å². The zero-order chi connectivity index (χ0) is 18.4. The number of nitrogens with zero attached hydrogens (tertiary/aromatic N) is 2. The molecule has 1 saturated heterocycles. The van der Waals surface area contributed by atoms with Crippen molar-refractivity contribution in [2.45, 2.75) is 30.8 Å². The average molecular weight is 363 g/mol. The molecular formula is C16H21N5O3S. The molecule has 0 aliphatic carbocycles. The first-order chi connectivity index (χ1) is 11.7. The van der Waals surface area contributed by atoms with Crippen molar-refractivity contribution in [3.8, 4) is 0 Å². The highest BCUT2D eigenvalue weighted by atomic mass is 32.2. The van der Waals surface area contributed by atoms with Gasteiger partial charge in [-0.25, -0.2) is 8.42 Å². The molecule has 0 amide bonds. The van der Waals surface area contributed by atoms with E-state index in [-0.39, 0.29) is 35.0 Å². The Morgan fingerprint density at radius 2 is 1.92 bits per heavy atom. The Morgan fingerprint density at radius 3 is 2.60 bits per heavy atom. The van der Waals surface area contributed by atoms with Gasteiger partial charge in [0.2, 0.25) is 10.0 Å². The van der Waals surface area contributed by atoms with Crippen LogP contribution in [-0.4, -0.2) is 53.7 Å². The van der Waals surface area contributed by atoms with Gasteiger partial charge < -0.3 is 15.6 Å². The van der Waals surface area contributed by atoms with Gasteiger partial charge in [0.25, 0.3) is 5.56 Å². The Morgan fingerprint density at radius 1 is 1.20 bits per heavy atom. The molecule has 1 aliphatic heterocycles. The lowest BCUT2D eigenvalue weighted by atomic mass is 10.1. The van der Waals surface area contributed by atoms with Gasteiger partial charge in [0, 0.05) is 42.1 Å². The molecular weight excluding hydrogens is 342 g/mol. The van der Waals surface area contributed by atoms with E-state index in [1.54, 1.807) is 30.0 Å². The third-order valence-electron chi connectivity index (χ3n) is 4.60. The molecule has 0 radical (unpaired) electrons. The summed E-state index contributed by atoms with van der Waals surface area (Å²) in [6.07, 6.45) is 1.45. The van der Waals surface area contributed by atoms with Crippen molar-refractivity contribution >= 4 is 26.8 Å². The van der Waals surface area contributed by atoms with Gasteiger partial charge in [0.05, 0.1) is 4.90 Å². The first-order valence-corrected chi connectivity index (χ1v) is 9.40. The number of piperazine rings is 1. The lowest BCUT2D eigenvalue weighted by Gasteiger charge is -2.43. The minimum absolute atomic E-state index is 0.0620. The van der Waals surface area contributed by atoms with E-state index in [0.29, 0.717) is 17.3 Å². The second kappa shape index (κ2) is 6.16. The molecule has 2 aromatic rings. The third-order valence-corrected chi connectivity index (χ3v) is 6.64. The van der Waals surface area contributed by atoms with Gasteiger partial charge in [0.1, 0.15) is 0 Å². The highest BCUT2D eigenvalue weighted by Crippen LogP contribution is 2.28. The number of sulfonamides is 1. The molecule has 1 fully saturated rings. The van der Waals surface area contributed by atoms with Crippen LogP contribution in [0.5, 0.6) is 0 Å². The molecule has 25 heavy (non-hydrogen) atoms. The van der Waals surface area contributed by atoms with E-state index >= 15 is 0 Å². The fraction of sp³-hybridized carbons (Fsp3) is 0.375. The number of guanidine groups is 1. The minimum Gasteiger partial charge on any atom is -0.370 e. The van der Waals surface area contributed by atoms with Crippen molar-refractivity contribution in [3.05, 3.63) is 40.8 Å². The maximum absolute atomic E-state index is 13.3. The number of aromatic nitrogens is 1. The first kappa shape index (κ1) is 17.4. The number of aromatic amines is 1. The van der Waals surface area contributed by atoms with Crippen LogP contribution in [0, 0.1) is 5.41 Å². The molecule has 2 unspecified atom stereocenters. The molecule has 0 spiro atoms. The van der Waals surface area contributed by atoms with Gasteiger partial charge >= 0.3 is 0 Å². The van der Waals surface area contributed by atoms with Gasteiger partial charge in [-0.2, -0.15) is 4.31 Å². The normalized spacial score (nSPS) is 22.2. The first-order valence-electron chi connectivity index (χ1n) is 7.96. The number of fused-ring (bicyclic) bond motifs is 1. The number of hydrogen-bond acceptors (Lipinski definition) is 4. The summed E-state index contributed by atoms with van der Waals surface area (Å²) in [6.45, 7) is 4.20. The summed E-state index contributed by atoms with van der Waals surface area (Å²) in [5.41, 5.74) is 5.26. The molecule has 1 aromatic carbocycles. The van der Waals surface area contributed by atoms with Gasteiger partial charge in [0.15, 0.2) is 5.96 Å². The molecule has 8 nitrogen and oxygen atoms in total. The number of pyridine rings is 1. The third kappa shape index (κ3) is 2.89. The maximum Gasteiger partial charge on any atom is 0.255 e. The largest absolute Gasteiger partial charge is 0.370 e. The van der Waals surface area contributed by atoms with Crippen LogP contribution in [0.15, 0.2) is 40.2 Å². The van der Waals surface area contributed by atoms with Crippen molar-refractivity contribution in [1.29, 1.82) is 5.41 Å². The van der Waals surface area contributed by atoms with Crippen LogP contribution in [0.3, 0.4) is 0 Å². The highest BCUT2D eigenvalue weighted by Gasteiger charge is 2.38. The Balaban J connectivity index is 2.08. The van der Waals surface area contributed by atoms with Crippen LogP contribution in [-0.2, 0) is 10.0 Å². The topological polar surface area (TPSA) is 123 Å². The van der Waals surface area contributed by atoms with Crippen LogP contribution in [0.25, 0.3) is 10.8 Å². The van der Waals surface area contributed by atoms with Gasteiger partial charge in [-0.05, 0) is 32.0 Å². The summed E-state index contributed by atoms with van der Waals surface area (Å²) >= 11 is 0. The zero-order valence-electron chi connectivity index (χ0n) is 14.1. The number of nitrogens with one attached hydrogen (secondary N) is 2. The average Bonchev–Trinajstić information content (AvgIpc) is 2.56. The number of hydrogen-bond donors (Lipinski definition) is 3. The van der Waals surface area contributed by atoms with E-state index in [9.17, 15) is 13.2 Å². The van der Waals surface area contributed by atoms with E-state index in [0.717, 1.165) is 0 Å². The smallest absolute Gasteiger partial charge is 0.255 e. The summed E-state index contributed by atoms with van der Waals surface area (Å²) in [5, 5.41) is 8.37. The number of nitrogens with two attached hydrogens (primary N) is 1. The second-order valence-electron chi connectivity index (χ2n) is 6.33. The summed E-state index contributed by atoms with van der Waals surface area (Å²) < 4.78 is 27.9. The molecule has 3 rings (SSSR count). The van der Waals surface area contributed by atoms with Crippen molar-refractivity contribution < 1.29 is 8.42 Å². The highest BCUT2D eigenvalue weighted by molar-refractivity contribution is 7.89. The van der Waals surface area contributed by atoms with Crippen molar-refractivity contribution in [2.75, 3.05) is 13.1 Å². The zero-order valence-corrected chi connectivity index (χ0v) is 14.9. The molecule has 2 heterocycles. The lowest BCUT2D eigenvalue weighted by Crippen LogP contribution is -2.60. The van der Waals surface area contributed by atoms with Gasteiger partial charge in [-0.1, -0.05) is 6.07 Å². The predicted octanol–water partition coefficient (Wildman–Crippen LogP) is 0.505.